The minimum atomic E-state index is 0.629. The molecule has 0 aromatic heterocycles. The molecule has 0 heterocycles. The number of hydrogen-bond acceptors (Lipinski definition) is 4. The second kappa shape index (κ2) is 18.2. The molecular weight excluding hydrogens is 292 g/mol. The van der Waals surface area contributed by atoms with Crippen molar-refractivity contribution in [3.05, 3.63) is 0 Å². The van der Waals surface area contributed by atoms with Crippen LogP contribution in [-0.4, -0.2) is 52.9 Å². The van der Waals surface area contributed by atoms with Gasteiger partial charge in [-0.15, -0.1) is 0 Å². The van der Waals surface area contributed by atoms with Crippen molar-refractivity contribution in [2.24, 2.45) is 11.8 Å². The maximum atomic E-state index is 5.53. The minimum Gasteiger partial charge on any atom is -0.379 e. The smallest absolute Gasteiger partial charge is 0.0701 e. The van der Waals surface area contributed by atoms with Crippen LogP contribution in [0.15, 0.2) is 0 Å². The second-order valence-electron chi connectivity index (χ2n) is 6.88. The monoisotopic (exact) mass is 332 g/mol. The fraction of sp³-hybridized carbons (Fsp3) is 1.00. The van der Waals surface area contributed by atoms with Crippen molar-refractivity contribution in [2.75, 3.05) is 52.9 Å². The summed E-state index contributed by atoms with van der Waals surface area (Å²) >= 11 is 0. The highest BCUT2D eigenvalue weighted by Crippen LogP contribution is 2.05. The van der Waals surface area contributed by atoms with Gasteiger partial charge >= 0.3 is 0 Å². The van der Waals surface area contributed by atoms with Crippen molar-refractivity contribution in [2.45, 2.75) is 59.8 Å². The van der Waals surface area contributed by atoms with E-state index in [9.17, 15) is 0 Å². The topological polar surface area (TPSA) is 36.9 Å². The maximum Gasteiger partial charge on any atom is 0.0701 e. The Balaban J connectivity index is 2.97. The van der Waals surface area contributed by atoms with Gasteiger partial charge in [0, 0.05) is 13.2 Å². The molecule has 0 saturated heterocycles. The molecule has 0 rings (SSSR count). The van der Waals surface area contributed by atoms with Crippen molar-refractivity contribution in [1.29, 1.82) is 0 Å². The van der Waals surface area contributed by atoms with Crippen molar-refractivity contribution >= 4 is 0 Å². The summed E-state index contributed by atoms with van der Waals surface area (Å²) in [5.74, 6) is 1.56. The standard InChI is InChI=1S/C19H40O4/c1-18(2)8-5-6-10-20-12-14-22-16-17-23-15-13-21-11-7-9-19(3)4/h18-19H,5-17H2,1-4H3. The summed E-state index contributed by atoms with van der Waals surface area (Å²) in [6.07, 6.45) is 6.07. The second-order valence-corrected chi connectivity index (χ2v) is 6.88. The van der Waals surface area contributed by atoms with Gasteiger partial charge in [-0.3, -0.25) is 0 Å². The molecule has 0 unspecified atom stereocenters. The lowest BCUT2D eigenvalue weighted by Crippen LogP contribution is -2.12. The number of rotatable bonds is 18. The molecule has 4 nitrogen and oxygen atoms in total. The lowest BCUT2D eigenvalue weighted by Gasteiger charge is -2.08. The van der Waals surface area contributed by atoms with Crippen LogP contribution in [0.25, 0.3) is 0 Å². The molecule has 4 heteroatoms. The van der Waals surface area contributed by atoms with Crippen molar-refractivity contribution in [1.82, 2.24) is 0 Å². The summed E-state index contributed by atoms with van der Waals surface area (Å²) < 4.78 is 21.9. The number of hydrogen-bond donors (Lipinski definition) is 0. The zero-order valence-electron chi connectivity index (χ0n) is 16.0. The molecule has 23 heavy (non-hydrogen) atoms. The normalized spacial score (nSPS) is 11.7. The first-order valence-corrected chi connectivity index (χ1v) is 9.44. The van der Waals surface area contributed by atoms with E-state index in [4.69, 9.17) is 18.9 Å². The van der Waals surface area contributed by atoms with Crippen LogP contribution in [0.1, 0.15) is 59.8 Å². The zero-order valence-corrected chi connectivity index (χ0v) is 16.0. The first kappa shape index (κ1) is 22.8. The Labute approximate surface area is 144 Å². The highest BCUT2D eigenvalue weighted by molar-refractivity contribution is 4.46. The third-order valence-corrected chi connectivity index (χ3v) is 3.51. The molecule has 140 valence electrons. The summed E-state index contributed by atoms with van der Waals surface area (Å²) in [4.78, 5) is 0. The molecule has 0 aromatic carbocycles. The van der Waals surface area contributed by atoms with E-state index >= 15 is 0 Å². The van der Waals surface area contributed by atoms with Gasteiger partial charge in [0.05, 0.1) is 39.6 Å². The van der Waals surface area contributed by atoms with Crippen molar-refractivity contribution < 1.29 is 18.9 Å². The molecule has 0 aliphatic rings. The third-order valence-electron chi connectivity index (χ3n) is 3.51. The number of ether oxygens (including phenoxy) is 4. The first-order chi connectivity index (χ1) is 11.1. The van der Waals surface area contributed by atoms with E-state index in [2.05, 4.69) is 27.7 Å². The van der Waals surface area contributed by atoms with Crippen LogP contribution < -0.4 is 0 Å². The maximum absolute atomic E-state index is 5.53. The Morgan fingerprint density at radius 3 is 1.22 bits per heavy atom. The molecule has 0 radical (unpaired) electrons. The summed E-state index contributed by atoms with van der Waals surface area (Å²) in [6.45, 7) is 14.6. The predicted molar refractivity (Wildman–Crippen MR) is 96.0 cm³/mol. The molecule has 0 atom stereocenters. The van der Waals surface area contributed by atoms with E-state index in [-0.39, 0.29) is 0 Å². The fourth-order valence-corrected chi connectivity index (χ4v) is 2.11. The van der Waals surface area contributed by atoms with Crippen molar-refractivity contribution in [3.63, 3.8) is 0 Å². The molecule has 0 aliphatic carbocycles. The zero-order chi connectivity index (χ0) is 17.2. The lowest BCUT2D eigenvalue weighted by atomic mass is 10.1. The molecule has 0 bridgehead atoms. The average molecular weight is 333 g/mol. The van der Waals surface area contributed by atoms with Gasteiger partial charge in [-0.25, -0.2) is 0 Å². The fourth-order valence-electron chi connectivity index (χ4n) is 2.11. The molecule has 0 spiro atoms. The quantitative estimate of drug-likeness (QED) is 0.350. The van der Waals surface area contributed by atoms with E-state index in [1.54, 1.807) is 0 Å². The Morgan fingerprint density at radius 2 is 0.783 bits per heavy atom. The summed E-state index contributed by atoms with van der Waals surface area (Å²) in [5, 5.41) is 0. The van der Waals surface area contributed by atoms with Gasteiger partial charge in [0.2, 0.25) is 0 Å². The largest absolute Gasteiger partial charge is 0.379 e. The molecule has 0 fully saturated rings. The van der Waals surface area contributed by atoms with Crippen LogP contribution in [0.3, 0.4) is 0 Å². The highest BCUT2D eigenvalue weighted by atomic mass is 16.6. The van der Waals surface area contributed by atoms with Gasteiger partial charge in [0.25, 0.3) is 0 Å². The van der Waals surface area contributed by atoms with Gasteiger partial charge in [-0.05, 0) is 31.1 Å². The number of unbranched alkanes of at least 4 members (excludes halogenated alkanes) is 1. The van der Waals surface area contributed by atoms with Gasteiger partial charge in [-0.2, -0.15) is 0 Å². The molecule has 0 N–H and O–H groups in total. The van der Waals surface area contributed by atoms with Crippen LogP contribution in [-0.2, 0) is 18.9 Å². The highest BCUT2D eigenvalue weighted by Gasteiger charge is 1.96. The Morgan fingerprint density at radius 1 is 0.435 bits per heavy atom. The van der Waals surface area contributed by atoms with Gasteiger partial charge in [0.1, 0.15) is 0 Å². The Hall–Kier alpha value is -0.160. The van der Waals surface area contributed by atoms with E-state index in [1.165, 1.54) is 19.3 Å². The SMILES string of the molecule is CC(C)CCCCOCCOCCOCCOCCCC(C)C. The minimum absolute atomic E-state index is 0.629. The molecule has 0 amide bonds. The van der Waals surface area contributed by atoms with E-state index in [1.807, 2.05) is 0 Å². The van der Waals surface area contributed by atoms with Gasteiger partial charge in [0.15, 0.2) is 0 Å². The van der Waals surface area contributed by atoms with Crippen molar-refractivity contribution in [3.8, 4) is 0 Å². The summed E-state index contributed by atoms with van der Waals surface area (Å²) in [6, 6.07) is 0. The van der Waals surface area contributed by atoms with Crippen LogP contribution in [0.2, 0.25) is 0 Å². The molecule has 0 aliphatic heterocycles. The van der Waals surface area contributed by atoms with Gasteiger partial charge < -0.3 is 18.9 Å². The molecular formula is C19H40O4. The Bertz CT molecular complexity index is 197. The van der Waals surface area contributed by atoms with Crippen LogP contribution >= 0.6 is 0 Å². The average Bonchev–Trinajstić information content (AvgIpc) is 2.49. The summed E-state index contributed by atoms with van der Waals surface area (Å²) in [7, 11) is 0. The predicted octanol–water partition coefficient (Wildman–Crippen LogP) is 4.32. The lowest BCUT2D eigenvalue weighted by molar-refractivity contribution is -0.00266. The first-order valence-electron chi connectivity index (χ1n) is 9.44. The van der Waals surface area contributed by atoms with Crippen LogP contribution in [0.4, 0.5) is 0 Å². The van der Waals surface area contributed by atoms with E-state index < -0.39 is 0 Å². The van der Waals surface area contributed by atoms with E-state index in [0.717, 1.165) is 37.9 Å². The molecule has 0 saturated carbocycles. The van der Waals surface area contributed by atoms with Gasteiger partial charge in [-0.1, -0.05) is 40.5 Å². The van der Waals surface area contributed by atoms with Crippen LogP contribution in [0, 0.1) is 11.8 Å². The molecule has 0 aromatic rings. The van der Waals surface area contributed by atoms with E-state index in [0.29, 0.717) is 39.6 Å². The Kier molecular flexibility index (Phi) is 18.1. The third kappa shape index (κ3) is 21.8. The van der Waals surface area contributed by atoms with Crippen LogP contribution in [0.5, 0.6) is 0 Å². The summed E-state index contributed by atoms with van der Waals surface area (Å²) in [5.41, 5.74) is 0.